The number of hydrogen-bond acceptors (Lipinski definition) is 0. The average molecular weight is 349 g/mol. The zero-order valence-electron chi connectivity index (χ0n) is 15.6. The highest BCUT2D eigenvalue weighted by molar-refractivity contribution is 5.17. The molecular formula is C23H34F2. The van der Waals surface area contributed by atoms with Gasteiger partial charge >= 0.3 is 0 Å². The van der Waals surface area contributed by atoms with Gasteiger partial charge in [0.1, 0.15) is 0 Å². The van der Waals surface area contributed by atoms with Crippen LogP contribution in [0.4, 0.5) is 8.78 Å². The summed E-state index contributed by atoms with van der Waals surface area (Å²) < 4.78 is 26.2. The lowest BCUT2D eigenvalue weighted by Crippen LogP contribution is -2.15. The predicted molar refractivity (Wildman–Crippen MR) is 101 cm³/mol. The highest BCUT2D eigenvalue weighted by Crippen LogP contribution is 2.35. The molecule has 2 aliphatic rings. The molecule has 0 amide bonds. The van der Waals surface area contributed by atoms with E-state index >= 15 is 0 Å². The topological polar surface area (TPSA) is 0 Å². The standard InChI is InChI=1S/C23H34F2/c24-22-16-15-21(17-23(22)25)14-13-20-11-9-19(10-12-20)8-4-3-7-18-5-1-2-6-18/h15-20H,1-14H2. The molecule has 0 unspecified atom stereocenters. The zero-order valence-corrected chi connectivity index (χ0v) is 15.6. The molecule has 1 aromatic rings. The smallest absolute Gasteiger partial charge is 0.159 e. The molecule has 0 aromatic heterocycles. The third kappa shape index (κ3) is 6.08. The fourth-order valence-corrected chi connectivity index (χ4v) is 5.04. The quantitative estimate of drug-likeness (QED) is 0.428. The second-order valence-electron chi connectivity index (χ2n) is 8.61. The number of halogens is 2. The van der Waals surface area contributed by atoms with Crippen LogP contribution in [-0.2, 0) is 6.42 Å². The first-order valence-electron chi connectivity index (χ1n) is 10.6. The third-order valence-electron chi connectivity index (χ3n) is 6.74. The third-order valence-corrected chi connectivity index (χ3v) is 6.74. The monoisotopic (exact) mass is 348 g/mol. The van der Waals surface area contributed by atoms with Crippen molar-refractivity contribution in [3.63, 3.8) is 0 Å². The van der Waals surface area contributed by atoms with Crippen LogP contribution in [0, 0.1) is 29.4 Å². The Bertz CT molecular complexity index is 511. The van der Waals surface area contributed by atoms with Crippen LogP contribution in [0.15, 0.2) is 18.2 Å². The Morgan fingerprint density at radius 2 is 1.24 bits per heavy atom. The van der Waals surface area contributed by atoms with E-state index < -0.39 is 11.6 Å². The molecule has 2 aliphatic carbocycles. The van der Waals surface area contributed by atoms with Crippen molar-refractivity contribution >= 4 is 0 Å². The van der Waals surface area contributed by atoms with E-state index in [9.17, 15) is 8.78 Å². The van der Waals surface area contributed by atoms with Gasteiger partial charge in [0.25, 0.3) is 0 Å². The zero-order chi connectivity index (χ0) is 17.5. The maximum atomic E-state index is 13.3. The van der Waals surface area contributed by atoms with Gasteiger partial charge < -0.3 is 0 Å². The molecule has 0 bridgehead atoms. The van der Waals surface area contributed by atoms with Gasteiger partial charge in [0.05, 0.1) is 0 Å². The molecule has 0 heterocycles. The minimum Gasteiger partial charge on any atom is -0.204 e. The largest absolute Gasteiger partial charge is 0.204 e. The molecule has 0 nitrogen and oxygen atoms in total. The molecule has 0 spiro atoms. The van der Waals surface area contributed by atoms with Crippen molar-refractivity contribution in [2.75, 3.05) is 0 Å². The highest BCUT2D eigenvalue weighted by Gasteiger charge is 2.21. The summed E-state index contributed by atoms with van der Waals surface area (Å²) in [4.78, 5) is 0. The molecule has 0 N–H and O–H groups in total. The Balaban J connectivity index is 1.27. The Morgan fingerprint density at radius 3 is 1.84 bits per heavy atom. The van der Waals surface area contributed by atoms with Crippen LogP contribution in [0.3, 0.4) is 0 Å². The Kier molecular flexibility index (Phi) is 7.31. The van der Waals surface area contributed by atoms with Gasteiger partial charge in [-0.1, -0.05) is 83.1 Å². The summed E-state index contributed by atoms with van der Waals surface area (Å²) in [6.45, 7) is 0. The Labute approximate surface area is 152 Å². The van der Waals surface area contributed by atoms with Crippen LogP contribution in [-0.4, -0.2) is 0 Å². The molecule has 0 aliphatic heterocycles. The summed E-state index contributed by atoms with van der Waals surface area (Å²) in [5.74, 6) is 1.33. The highest BCUT2D eigenvalue weighted by atomic mass is 19.2. The number of unbranched alkanes of at least 4 members (excludes halogenated alkanes) is 1. The SMILES string of the molecule is Fc1ccc(CCC2CCC(CCCCC3CCCC3)CC2)cc1F. The molecule has 2 fully saturated rings. The van der Waals surface area contributed by atoms with E-state index in [1.54, 1.807) is 6.07 Å². The van der Waals surface area contributed by atoms with Gasteiger partial charge in [-0.2, -0.15) is 0 Å². The first-order valence-corrected chi connectivity index (χ1v) is 10.6. The van der Waals surface area contributed by atoms with Gasteiger partial charge in [0, 0.05) is 0 Å². The second-order valence-corrected chi connectivity index (χ2v) is 8.61. The molecule has 140 valence electrons. The van der Waals surface area contributed by atoms with Crippen LogP contribution in [0.25, 0.3) is 0 Å². The van der Waals surface area contributed by atoms with Gasteiger partial charge in [-0.25, -0.2) is 8.78 Å². The van der Waals surface area contributed by atoms with Gasteiger partial charge in [0.15, 0.2) is 11.6 Å². The van der Waals surface area contributed by atoms with E-state index in [4.69, 9.17) is 0 Å². The van der Waals surface area contributed by atoms with Gasteiger partial charge in [-0.3, -0.25) is 0 Å². The summed E-state index contributed by atoms with van der Waals surface area (Å²) in [7, 11) is 0. The van der Waals surface area contributed by atoms with Crippen molar-refractivity contribution < 1.29 is 8.78 Å². The van der Waals surface area contributed by atoms with Crippen LogP contribution >= 0.6 is 0 Å². The van der Waals surface area contributed by atoms with E-state index in [1.807, 2.05) is 0 Å². The minimum atomic E-state index is -0.739. The molecule has 2 heteroatoms. The molecule has 3 rings (SSSR count). The minimum absolute atomic E-state index is 0.709. The normalized spacial score (nSPS) is 24.7. The average Bonchev–Trinajstić information content (AvgIpc) is 3.14. The van der Waals surface area contributed by atoms with Crippen molar-refractivity contribution in [2.45, 2.75) is 89.9 Å². The van der Waals surface area contributed by atoms with Crippen LogP contribution in [0.1, 0.15) is 89.0 Å². The lowest BCUT2D eigenvalue weighted by molar-refractivity contribution is 0.247. The maximum Gasteiger partial charge on any atom is 0.159 e. The Hall–Kier alpha value is -0.920. The lowest BCUT2D eigenvalue weighted by Gasteiger charge is -2.28. The summed E-state index contributed by atoms with van der Waals surface area (Å²) in [5, 5.41) is 0. The molecule has 25 heavy (non-hydrogen) atoms. The van der Waals surface area contributed by atoms with E-state index in [0.717, 1.165) is 36.2 Å². The van der Waals surface area contributed by atoms with Crippen molar-refractivity contribution in [1.82, 2.24) is 0 Å². The molecule has 0 radical (unpaired) electrons. The number of rotatable bonds is 8. The van der Waals surface area contributed by atoms with Crippen molar-refractivity contribution in [3.8, 4) is 0 Å². The summed E-state index contributed by atoms with van der Waals surface area (Å²) in [6.07, 6.45) is 19.1. The molecule has 0 saturated heterocycles. The van der Waals surface area contributed by atoms with Gasteiger partial charge in [-0.05, 0) is 48.3 Å². The summed E-state index contributed by atoms with van der Waals surface area (Å²) in [5.41, 5.74) is 0.938. The van der Waals surface area contributed by atoms with Crippen molar-refractivity contribution in [1.29, 1.82) is 0 Å². The van der Waals surface area contributed by atoms with Gasteiger partial charge in [0.2, 0.25) is 0 Å². The molecular weight excluding hydrogens is 314 g/mol. The maximum absolute atomic E-state index is 13.3. The first-order chi connectivity index (χ1) is 12.2. The fraction of sp³-hybridized carbons (Fsp3) is 0.739. The fourth-order valence-electron chi connectivity index (χ4n) is 5.04. The molecule has 0 atom stereocenters. The summed E-state index contributed by atoms with van der Waals surface area (Å²) in [6, 6.07) is 4.35. The van der Waals surface area contributed by atoms with E-state index in [2.05, 4.69) is 0 Å². The van der Waals surface area contributed by atoms with Crippen molar-refractivity contribution in [3.05, 3.63) is 35.4 Å². The first kappa shape index (κ1) is 18.9. The Morgan fingerprint density at radius 1 is 0.680 bits per heavy atom. The molecule has 2 saturated carbocycles. The van der Waals surface area contributed by atoms with Gasteiger partial charge in [-0.15, -0.1) is 0 Å². The van der Waals surface area contributed by atoms with E-state index in [0.29, 0.717) is 0 Å². The van der Waals surface area contributed by atoms with Crippen LogP contribution in [0.2, 0.25) is 0 Å². The number of aryl methyl sites for hydroxylation is 1. The van der Waals surface area contributed by atoms with Crippen LogP contribution < -0.4 is 0 Å². The van der Waals surface area contributed by atoms with Crippen LogP contribution in [0.5, 0.6) is 0 Å². The second kappa shape index (κ2) is 9.69. The number of benzene rings is 1. The van der Waals surface area contributed by atoms with E-state index in [1.165, 1.54) is 89.2 Å². The van der Waals surface area contributed by atoms with E-state index in [-0.39, 0.29) is 0 Å². The number of hydrogen-bond donors (Lipinski definition) is 0. The van der Waals surface area contributed by atoms with Crippen molar-refractivity contribution in [2.24, 2.45) is 17.8 Å². The summed E-state index contributed by atoms with van der Waals surface area (Å²) >= 11 is 0. The molecule has 1 aromatic carbocycles. The predicted octanol–water partition coefficient (Wildman–Crippen LogP) is 7.45. The lowest BCUT2D eigenvalue weighted by atomic mass is 9.77.